The fourth-order valence-corrected chi connectivity index (χ4v) is 1.27. The third-order valence-corrected chi connectivity index (χ3v) is 2.40. The molecule has 2 N–H and O–H groups in total. The van der Waals surface area contributed by atoms with Crippen LogP contribution in [-0.2, 0) is 14.3 Å². The summed E-state index contributed by atoms with van der Waals surface area (Å²) in [5.74, 6) is 0.698. The van der Waals surface area contributed by atoms with Gasteiger partial charge in [-0.05, 0) is 18.8 Å². The van der Waals surface area contributed by atoms with Gasteiger partial charge in [0, 0.05) is 33.4 Å². The van der Waals surface area contributed by atoms with Crippen LogP contribution in [0.4, 0.5) is 0 Å². The van der Waals surface area contributed by atoms with Gasteiger partial charge in [-0.1, -0.05) is 13.8 Å². The minimum absolute atomic E-state index is 0.0216. The Labute approximate surface area is 111 Å². The summed E-state index contributed by atoms with van der Waals surface area (Å²) in [7, 11) is 1.66. The van der Waals surface area contributed by atoms with Crippen LogP contribution in [0.2, 0.25) is 0 Å². The molecule has 108 valence electrons. The van der Waals surface area contributed by atoms with E-state index in [0.717, 1.165) is 19.4 Å². The van der Waals surface area contributed by atoms with Crippen molar-refractivity contribution in [1.29, 1.82) is 0 Å². The molecule has 0 aromatic heterocycles. The zero-order valence-corrected chi connectivity index (χ0v) is 12.0. The summed E-state index contributed by atoms with van der Waals surface area (Å²) in [6.45, 7) is 8.21. The zero-order chi connectivity index (χ0) is 13.6. The molecule has 1 amide bonds. The number of carbonyl (C=O) groups excluding carboxylic acids is 1. The van der Waals surface area contributed by atoms with E-state index in [-0.39, 0.29) is 5.91 Å². The molecule has 0 rings (SSSR count). The van der Waals surface area contributed by atoms with Gasteiger partial charge in [0.05, 0.1) is 13.2 Å². The van der Waals surface area contributed by atoms with Crippen molar-refractivity contribution >= 4 is 5.91 Å². The van der Waals surface area contributed by atoms with E-state index in [1.807, 2.05) is 0 Å². The Morgan fingerprint density at radius 3 is 2.61 bits per heavy atom. The van der Waals surface area contributed by atoms with Gasteiger partial charge in [0.1, 0.15) is 0 Å². The maximum Gasteiger partial charge on any atom is 0.233 e. The Kier molecular flexibility index (Phi) is 12.3. The molecule has 0 saturated carbocycles. The molecule has 0 heterocycles. The first-order valence-corrected chi connectivity index (χ1v) is 6.71. The first-order valence-electron chi connectivity index (χ1n) is 6.71. The molecule has 0 fully saturated rings. The highest BCUT2D eigenvalue weighted by atomic mass is 16.5. The second-order valence-corrected chi connectivity index (χ2v) is 4.67. The van der Waals surface area contributed by atoms with Crippen LogP contribution in [0.5, 0.6) is 0 Å². The first kappa shape index (κ1) is 17.4. The van der Waals surface area contributed by atoms with E-state index < -0.39 is 0 Å². The van der Waals surface area contributed by atoms with Gasteiger partial charge < -0.3 is 20.1 Å². The number of ether oxygens (including phenoxy) is 2. The third-order valence-electron chi connectivity index (χ3n) is 2.40. The third kappa shape index (κ3) is 13.4. The van der Waals surface area contributed by atoms with Crippen LogP contribution in [0.15, 0.2) is 0 Å². The fourth-order valence-electron chi connectivity index (χ4n) is 1.27. The van der Waals surface area contributed by atoms with Gasteiger partial charge in [0.15, 0.2) is 0 Å². The van der Waals surface area contributed by atoms with Crippen molar-refractivity contribution in [2.24, 2.45) is 5.92 Å². The Morgan fingerprint density at radius 1 is 1.17 bits per heavy atom. The van der Waals surface area contributed by atoms with E-state index in [0.29, 0.717) is 38.8 Å². The normalized spacial score (nSPS) is 10.9. The smallest absolute Gasteiger partial charge is 0.233 e. The number of carbonyl (C=O) groups is 1. The van der Waals surface area contributed by atoms with Crippen molar-refractivity contribution in [3.05, 3.63) is 0 Å². The molecule has 0 aliphatic carbocycles. The van der Waals surface area contributed by atoms with Gasteiger partial charge in [0.25, 0.3) is 0 Å². The van der Waals surface area contributed by atoms with Crippen LogP contribution in [0, 0.1) is 5.92 Å². The molecule has 0 aliphatic heterocycles. The van der Waals surface area contributed by atoms with Gasteiger partial charge in [0.2, 0.25) is 5.91 Å². The number of nitrogens with one attached hydrogen (secondary N) is 2. The summed E-state index contributed by atoms with van der Waals surface area (Å²) in [5, 5.41) is 5.86. The Hall–Kier alpha value is -0.650. The van der Waals surface area contributed by atoms with Crippen molar-refractivity contribution in [2.45, 2.75) is 26.7 Å². The summed E-state index contributed by atoms with van der Waals surface area (Å²) in [6.07, 6.45) is 1.93. The minimum atomic E-state index is 0.0216. The quantitative estimate of drug-likeness (QED) is 0.509. The summed E-state index contributed by atoms with van der Waals surface area (Å²) >= 11 is 0. The zero-order valence-electron chi connectivity index (χ0n) is 12.0. The number of amides is 1. The molecule has 0 aliphatic rings. The van der Waals surface area contributed by atoms with Crippen molar-refractivity contribution in [3.63, 3.8) is 0 Å². The summed E-state index contributed by atoms with van der Waals surface area (Å²) in [4.78, 5) is 11.3. The lowest BCUT2D eigenvalue weighted by Crippen LogP contribution is -2.36. The minimum Gasteiger partial charge on any atom is -0.385 e. The molecular formula is C13H28N2O3. The molecule has 0 aromatic rings. The highest BCUT2D eigenvalue weighted by molar-refractivity contribution is 5.77. The molecule has 0 saturated heterocycles. The van der Waals surface area contributed by atoms with E-state index in [1.54, 1.807) is 7.11 Å². The standard InChI is InChI=1S/C13H28N2O3/c1-12(2)5-9-18-10-7-14-11-13(16)15-6-4-8-17-3/h12,14H,4-11H2,1-3H3,(H,15,16). The van der Waals surface area contributed by atoms with Gasteiger partial charge in [-0.3, -0.25) is 4.79 Å². The molecule has 0 aromatic carbocycles. The molecule has 0 radical (unpaired) electrons. The Morgan fingerprint density at radius 2 is 1.94 bits per heavy atom. The van der Waals surface area contributed by atoms with E-state index in [9.17, 15) is 4.79 Å². The van der Waals surface area contributed by atoms with Gasteiger partial charge in [-0.15, -0.1) is 0 Å². The Bertz CT molecular complexity index is 199. The fraction of sp³-hybridized carbons (Fsp3) is 0.923. The van der Waals surface area contributed by atoms with Gasteiger partial charge >= 0.3 is 0 Å². The van der Waals surface area contributed by atoms with Crippen LogP contribution in [0.1, 0.15) is 26.7 Å². The number of hydrogen-bond donors (Lipinski definition) is 2. The number of methoxy groups -OCH3 is 1. The summed E-state index contributed by atoms with van der Waals surface area (Å²) in [5.41, 5.74) is 0. The molecule has 0 spiro atoms. The second kappa shape index (κ2) is 12.8. The number of rotatable bonds is 12. The molecule has 18 heavy (non-hydrogen) atoms. The topological polar surface area (TPSA) is 59.6 Å². The average Bonchev–Trinajstić information content (AvgIpc) is 2.33. The van der Waals surface area contributed by atoms with Crippen molar-refractivity contribution in [3.8, 4) is 0 Å². The molecule has 0 unspecified atom stereocenters. The second-order valence-electron chi connectivity index (χ2n) is 4.67. The monoisotopic (exact) mass is 260 g/mol. The summed E-state index contributed by atoms with van der Waals surface area (Å²) in [6, 6.07) is 0. The average molecular weight is 260 g/mol. The van der Waals surface area contributed by atoms with Crippen molar-refractivity contribution < 1.29 is 14.3 Å². The predicted molar refractivity (Wildman–Crippen MR) is 72.6 cm³/mol. The molecule has 5 nitrogen and oxygen atoms in total. The molecular weight excluding hydrogens is 232 g/mol. The largest absolute Gasteiger partial charge is 0.385 e. The van der Waals surface area contributed by atoms with E-state index >= 15 is 0 Å². The van der Waals surface area contributed by atoms with Crippen LogP contribution < -0.4 is 10.6 Å². The Balaban J connectivity index is 3.15. The highest BCUT2D eigenvalue weighted by Gasteiger charge is 1.99. The van der Waals surface area contributed by atoms with E-state index in [4.69, 9.17) is 9.47 Å². The lowest BCUT2D eigenvalue weighted by atomic mass is 10.1. The maximum absolute atomic E-state index is 11.3. The van der Waals surface area contributed by atoms with Crippen LogP contribution in [0.3, 0.4) is 0 Å². The van der Waals surface area contributed by atoms with E-state index in [1.165, 1.54) is 0 Å². The maximum atomic E-state index is 11.3. The molecule has 5 heteroatoms. The molecule has 0 bridgehead atoms. The van der Waals surface area contributed by atoms with Crippen LogP contribution in [0.25, 0.3) is 0 Å². The van der Waals surface area contributed by atoms with Crippen LogP contribution in [-0.4, -0.2) is 52.5 Å². The van der Waals surface area contributed by atoms with Crippen molar-refractivity contribution in [2.75, 3.05) is 46.6 Å². The summed E-state index contributed by atoms with van der Waals surface area (Å²) < 4.78 is 10.3. The lowest BCUT2D eigenvalue weighted by Gasteiger charge is -2.08. The predicted octanol–water partition coefficient (Wildman–Crippen LogP) is 0.791. The first-order chi connectivity index (χ1) is 8.66. The molecule has 0 atom stereocenters. The van der Waals surface area contributed by atoms with Crippen molar-refractivity contribution in [1.82, 2.24) is 10.6 Å². The lowest BCUT2D eigenvalue weighted by molar-refractivity contribution is -0.120. The van der Waals surface area contributed by atoms with Gasteiger partial charge in [-0.2, -0.15) is 0 Å². The number of hydrogen-bond acceptors (Lipinski definition) is 4. The van der Waals surface area contributed by atoms with Gasteiger partial charge in [-0.25, -0.2) is 0 Å². The highest BCUT2D eigenvalue weighted by Crippen LogP contribution is 1.98. The SMILES string of the molecule is COCCCNC(=O)CNCCOCCC(C)C. The van der Waals surface area contributed by atoms with E-state index in [2.05, 4.69) is 24.5 Å². The van der Waals surface area contributed by atoms with Crippen LogP contribution >= 0.6 is 0 Å².